The molecule has 2 heteroatoms. The summed E-state index contributed by atoms with van der Waals surface area (Å²) in [6.07, 6.45) is 3.02. The van der Waals surface area contributed by atoms with Crippen molar-refractivity contribution < 1.29 is 4.79 Å². The van der Waals surface area contributed by atoms with Gasteiger partial charge in [-0.2, -0.15) is 0 Å². The molecule has 2 atom stereocenters. The lowest BCUT2D eigenvalue weighted by Crippen LogP contribution is -2.57. The minimum absolute atomic E-state index is 0.0654. The van der Waals surface area contributed by atoms with Gasteiger partial charge in [-0.3, -0.25) is 4.79 Å². The maximum absolute atomic E-state index is 10.8. The third kappa shape index (κ3) is 1.38. The SMILES string of the molecule is C=C[C@H]1C[C@@H](NC(C)=O)C1(C)C. The number of hydrogen-bond acceptors (Lipinski definition) is 1. The molecular weight excluding hydrogens is 150 g/mol. The Morgan fingerprint density at radius 3 is 2.58 bits per heavy atom. The summed E-state index contributed by atoms with van der Waals surface area (Å²) in [4.78, 5) is 10.8. The number of amides is 1. The zero-order valence-electron chi connectivity index (χ0n) is 8.05. The van der Waals surface area contributed by atoms with Gasteiger partial charge in [0.05, 0.1) is 0 Å². The normalized spacial score (nSPS) is 31.9. The summed E-state index contributed by atoms with van der Waals surface area (Å²) < 4.78 is 0. The molecule has 0 bridgehead atoms. The molecule has 0 radical (unpaired) electrons. The molecule has 0 aliphatic heterocycles. The average molecular weight is 167 g/mol. The fourth-order valence-corrected chi connectivity index (χ4v) is 1.85. The zero-order valence-corrected chi connectivity index (χ0v) is 8.05. The summed E-state index contributed by atoms with van der Waals surface area (Å²) in [5.41, 5.74) is 0.188. The van der Waals surface area contributed by atoms with E-state index in [4.69, 9.17) is 0 Å². The van der Waals surface area contributed by atoms with E-state index in [-0.39, 0.29) is 11.3 Å². The molecule has 1 fully saturated rings. The largest absolute Gasteiger partial charge is 0.353 e. The predicted molar refractivity (Wildman–Crippen MR) is 49.7 cm³/mol. The van der Waals surface area contributed by atoms with Gasteiger partial charge in [-0.05, 0) is 17.8 Å². The third-order valence-corrected chi connectivity index (χ3v) is 3.01. The zero-order chi connectivity index (χ0) is 9.35. The van der Waals surface area contributed by atoms with Crippen LogP contribution in [0, 0.1) is 11.3 Å². The van der Waals surface area contributed by atoms with Gasteiger partial charge in [0.2, 0.25) is 5.91 Å². The third-order valence-electron chi connectivity index (χ3n) is 3.01. The van der Waals surface area contributed by atoms with E-state index < -0.39 is 0 Å². The van der Waals surface area contributed by atoms with E-state index in [1.807, 2.05) is 6.08 Å². The molecule has 1 amide bonds. The fourth-order valence-electron chi connectivity index (χ4n) is 1.85. The number of carbonyl (C=O) groups is 1. The van der Waals surface area contributed by atoms with Crippen molar-refractivity contribution in [3.8, 4) is 0 Å². The van der Waals surface area contributed by atoms with Crippen molar-refractivity contribution in [1.82, 2.24) is 5.32 Å². The Labute approximate surface area is 74.0 Å². The first-order valence-electron chi connectivity index (χ1n) is 4.38. The van der Waals surface area contributed by atoms with E-state index in [1.54, 1.807) is 6.92 Å². The van der Waals surface area contributed by atoms with Crippen LogP contribution in [0.1, 0.15) is 27.2 Å². The second-order valence-electron chi connectivity index (χ2n) is 4.15. The van der Waals surface area contributed by atoms with Crippen LogP contribution in [-0.2, 0) is 4.79 Å². The number of hydrogen-bond donors (Lipinski definition) is 1. The Bertz CT molecular complexity index is 208. The number of rotatable bonds is 2. The highest BCUT2D eigenvalue weighted by Gasteiger charge is 2.46. The number of nitrogens with one attached hydrogen (secondary N) is 1. The van der Waals surface area contributed by atoms with Crippen molar-refractivity contribution in [3.63, 3.8) is 0 Å². The monoisotopic (exact) mass is 167 g/mol. The van der Waals surface area contributed by atoms with Crippen molar-refractivity contribution in [2.45, 2.75) is 33.2 Å². The van der Waals surface area contributed by atoms with Gasteiger partial charge in [0.25, 0.3) is 0 Å². The van der Waals surface area contributed by atoms with Crippen LogP contribution in [0.2, 0.25) is 0 Å². The van der Waals surface area contributed by atoms with E-state index in [0.717, 1.165) is 6.42 Å². The Morgan fingerprint density at radius 2 is 2.25 bits per heavy atom. The minimum atomic E-state index is 0.0654. The Morgan fingerprint density at radius 1 is 1.67 bits per heavy atom. The minimum Gasteiger partial charge on any atom is -0.353 e. The molecule has 0 heterocycles. The molecule has 1 aliphatic rings. The lowest BCUT2D eigenvalue weighted by atomic mass is 9.58. The molecule has 0 spiro atoms. The fraction of sp³-hybridized carbons (Fsp3) is 0.700. The molecule has 1 rings (SSSR count). The Hall–Kier alpha value is -0.790. The van der Waals surface area contributed by atoms with Crippen LogP contribution in [0.25, 0.3) is 0 Å². The van der Waals surface area contributed by atoms with Crippen molar-refractivity contribution in [2.24, 2.45) is 11.3 Å². The van der Waals surface area contributed by atoms with E-state index >= 15 is 0 Å². The molecule has 1 aliphatic carbocycles. The van der Waals surface area contributed by atoms with E-state index in [9.17, 15) is 4.79 Å². The highest BCUT2D eigenvalue weighted by atomic mass is 16.1. The molecule has 68 valence electrons. The van der Waals surface area contributed by atoms with Gasteiger partial charge in [-0.15, -0.1) is 6.58 Å². The average Bonchev–Trinajstić information content (AvgIpc) is 1.96. The number of carbonyl (C=O) groups excluding carboxylic acids is 1. The van der Waals surface area contributed by atoms with Crippen LogP contribution < -0.4 is 5.32 Å². The highest BCUT2D eigenvalue weighted by Crippen LogP contribution is 2.46. The maximum atomic E-state index is 10.8. The maximum Gasteiger partial charge on any atom is 0.217 e. The summed E-state index contributed by atoms with van der Waals surface area (Å²) in [6.45, 7) is 9.69. The second-order valence-corrected chi connectivity index (χ2v) is 4.15. The molecule has 0 unspecified atom stereocenters. The summed E-state index contributed by atoms with van der Waals surface area (Å²) in [6, 6.07) is 0.331. The van der Waals surface area contributed by atoms with Crippen LogP contribution in [0.4, 0.5) is 0 Å². The molecule has 1 N–H and O–H groups in total. The first-order valence-corrected chi connectivity index (χ1v) is 4.38. The Kier molecular flexibility index (Phi) is 2.27. The number of allylic oxidation sites excluding steroid dienone is 1. The molecule has 0 saturated heterocycles. The van der Waals surface area contributed by atoms with E-state index in [1.165, 1.54) is 0 Å². The highest BCUT2D eigenvalue weighted by molar-refractivity contribution is 5.73. The van der Waals surface area contributed by atoms with Crippen molar-refractivity contribution in [2.75, 3.05) is 0 Å². The summed E-state index contributed by atoms with van der Waals surface area (Å²) >= 11 is 0. The summed E-state index contributed by atoms with van der Waals surface area (Å²) in [5, 5.41) is 2.95. The summed E-state index contributed by atoms with van der Waals surface area (Å²) in [5.74, 6) is 0.616. The predicted octanol–water partition coefficient (Wildman–Crippen LogP) is 1.72. The van der Waals surface area contributed by atoms with Crippen LogP contribution in [0.3, 0.4) is 0 Å². The van der Waals surface area contributed by atoms with Crippen LogP contribution >= 0.6 is 0 Å². The lowest BCUT2D eigenvalue weighted by molar-refractivity contribution is -0.122. The van der Waals surface area contributed by atoms with Gasteiger partial charge in [0.1, 0.15) is 0 Å². The summed E-state index contributed by atoms with van der Waals surface area (Å²) in [7, 11) is 0. The molecular formula is C10H17NO. The molecule has 12 heavy (non-hydrogen) atoms. The van der Waals surface area contributed by atoms with Crippen LogP contribution in [0.15, 0.2) is 12.7 Å². The van der Waals surface area contributed by atoms with Crippen molar-refractivity contribution >= 4 is 5.91 Å². The second kappa shape index (κ2) is 2.92. The standard InChI is InChI=1S/C10H17NO/c1-5-8-6-9(10(8,3)4)11-7(2)12/h5,8-9H,1,6H2,2-4H3,(H,11,12)/t8-,9+/m0/s1. The molecule has 1 saturated carbocycles. The lowest BCUT2D eigenvalue weighted by Gasteiger charge is -2.51. The topological polar surface area (TPSA) is 29.1 Å². The van der Waals surface area contributed by atoms with Crippen molar-refractivity contribution in [1.29, 1.82) is 0 Å². The van der Waals surface area contributed by atoms with Gasteiger partial charge in [0.15, 0.2) is 0 Å². The van der Waals surface area contributed by atoms with E-state index in [2.05, 4.69) is 25.7 Å². The molecule has 0 aromatic heterocycles. The Balaban J connectivity index is 2.53. The van der Waals surface area contributed by atoms with Crippen LogP contribution in [0.5, 0.6) is 0 Å². The quantitative estimate of drug-likeness (QED) is 0.623. The van der Waals surface area contributed by atoms with Gasteiger partial charge in [0, 0.05) is 13.0 Å². The van der Waals surface area contributed by atoms with Gasteiger partial charge < -0.3 is 5.32 Å². The van der Waals surface area contributed by atoms with Gasteiger partial charge in [-0.1, -0.05) is 19.9 Å². The van der Waals surface area contributed by atoms with Gasteiger partial charge >= 0.3 is 0 Å². The first kappa shape index (κ1) is 9.30. The van der Waals surface area contributed by atoms with E-state index in [0.29, 0.717) is 12.0 Å². The molecule has 0 aromatic rings. The van der Waals surface area contributed by atoms with Gasteiger partial charge in [-0.25, -0.2) is 0 Å². The first-order chi connectivity index (χ1) is 5.48. The van der Waals surface area contributed by atoms with Crippen molar-refractivity contribution in [3.05, 3.63) is 12.7 Å². The smallest absolute Gasteiger partial charge is 0.217 e. The van der Waals surface area contributed by atoms with Crippen LogP contribution in [-0.4, -0.2) is 11.9 Å². The molecule has 2 nitrogen and oxygen atoms in total. The molecule has 0 aromatic carbocycles.